The predicted molar refractivity (Wildman–Crippen MR) is 59.5 cm³/mol. The van der Waals surface area contributed by atoms with E-state index in [2.05, 4.69) is 8.75 Å². The lowest BCUT2D eigenvalue weighted by molar-refractivity contribution is -0.137. The lowest BCUT2D eigenvalue weighted by Gasteiger charge is -2.09. The van der Waals surface area contributed by atoms with Crippen molar-refractivity contribution in [1.29, 1.82) is 0 Å². The molecule has 2 aromatic rings. The van der Waals surface area contributed by atoms with Crippen LogP contribution in [0.1, 0.15) is 27.2 Å². The molecule has 3 nitrogen and oxygen atoms in total. The summed E-state index contributed by atoms with van der Waals surface area (Å²) in [7, 11) is 0. The fourth-order valence-corrected chi connectivity index (χ4v) is 1.91. The van der Waals surface area contributed by atoms with Crippen LogP contribution in [0.4, 0.5) is 13.2 Å². The van der Waals surface area contributed by atoms with Gasteiger partial charge in [-0.1, -0.05) is 6.07 Å². The normalized spacial score (nSPS) is 11.6. The van der Waals surface area contributed by atoms with E-state index in [4.69, 9.17) is 0 Å². The second kappa shape index (κ2) is 4.49. The molecule has 0 saturated heterocycles. The van der Waals surface area contributed by atoms with Crippen molar-refractivity contribution < 1.29 is 18.0 Å². The van der Waals surface area contributed by atoms with E-state index in [1.165, 1.54) is 19.2 Å². The van der Waals surface area contributed by atoms with E-state index in [0.29, 0.717) is 0 Å². The third-order valence-electron chi connectivity index (χ3n) is 2.39. The van der Waals surface area contributed by atoms with E-state index in [-0.39, 0.29) is 16.8 Å². The Hall–Kier alpha value is -1.76. The van der Waals surface area contributed by atoms with Crippen molar-refractivity contribution in [2.24, 2.45) is 0 Å². The van der Waals surface area contributed by atoms with Gasteiger partial charge in [-0.2, -0.15) is 21.9 Å². The van der Waals surface area contributed by atoms with Crippen LogP contribution in [0.25, 0.3) is 0 Å². The molecule has 0 N–H and O–H groups in total. The number of halogens is 3. The molecule has 0 aliphatic heterocycles. The fraction of sp³-hybridized carbons (Fsp3) is 0.182. The van der Waals surface area contributed by atoms with Gasteiger partial charge in [0.25, 0.3) is 0 Å². The summed E-state index contributed by atoms with van der Waals surface area (Å²) in [6.07, 6.45) is -3.11. The maximum atomic E-state index is 12.5. The van der Waals surface area contributed by atoms with Gasteiger partial charge in [0.2, 0.25) is 5.78 Å². The van der Waals surface area contributed by atoms with Gasteiger partial charge in [-0.25, -0.2) is 0 Å². The summed E-state index contributed by atoms with van der Waals surface area (Å²) < 4.78 is 44.9. The van der Waals surface area contributed by atoms with E-state index >= 15 is 0 Å². The molecule has 0 aliphatic rings. The summed E-state index contributed by atoms with van der Waals surface area (Å²) in [5.41, 5.74) is -0.158. The minimum atomic E-state index is -4.41. The molecule has 0 spiro atoms. The van der Waals surface area contributed by atoms with Crippen molar-refractivity contribution >= 4 is 17.5 Å². The summed E-state index contributed by atoms with van der Waals surface area (Å²) >= 11 is 0.875. The number of aromatic nitrogens is 2. The molecule has 1 aromatic heterocycles. The van der Waals surface area contributed by atoms with Crippen LogP contribution >= 0.6 is 11.7 Å². The van der Waals surface area contributed by atoms with E-state index in [0.717, 1.165) is 23.9 Å². The Bertz CT molecular complexity index is 578. The van der Waals surface area contributed by atoms with E-state index in [1.807, 2.05) is 0 Å². The lowest BCUT2D eigenvalue weighted by atomic mass is 10.0. The van der Waals surface area contributed by atoms with Gasteiger partial charge in [-0.15, -0.1) is 0 Å². The predicted octanol–water partition coefficient (Wildman–Crippen LogP) is 3.10. The number of alkyl halides is 3. The number of carbonyl (C=O) groups is 1. The van der Waals surface area contributed by atoms with Crippen LogP contribution in [0.15, 0.2) is 24.4 Å². The number of aryl methyl sites for hydroxylation is 1. The van der Waals surface area contributed by atoms with Gasteiger partial charge in [-0.3, -0.25) is 4.79 Å². The number of rotatable bonds is 2. The number of benzene rings is 1. The van der Waals surface area contributed by atoms with Gasteiger partial charge < -0.3 is 0 Å². The lowest BCUT2D eigenvalue weighted by Crippen LogP contribution is -2.09. The smallest absolute Gasteiger partial charge is 0.287 e. The number of ketones is 1. The molecule has 94 valence electrons. The zero-order chi connectivity index (χ0) is 13.3. The highest BCUT2D eigenvalue weighted by molar-refractivity contribution is 6.99. The quantitative estimate of drug-likeness (QED) is 0.789. The second-order valence-electron chi connectivity index (χ2n) is 3.65. The van der Waals surface area contributed by atoms with Crippen LogP contribution in [-0.4, -0.2) is 14.5 Å². The van der Waals surface area contributed by atoms with Gasteiger partial charge in [0, 0.05) is 5.56 Å². The van der Waals surface area contributed by atoms with Crippen molar-refractivity contribution in [3.05, 3.63) is 46.8 Å². The van der Waals surface area contributed by atoms with Crippen LogP contribution in [-0.2, 0) is 6.18 Å². The Morgan fingerprint density at radius 1 is 1.33 bits per heavy atom. The molecule has 2 rings (SSSR count). The Balaban J connectivity index is 2.40. The average molecular weight is 272 g/mol. The fourth-order valence-electron chi connectivity index (χ4n) is 1.50. The van der Waals surface area contributed by atoms with Gasteiger partial charge >= 0.3 is 6.18 Å². The number of hydrogen-bond donors (Lipinski definition) is 0. The third-order valence-corrected chi connectivity index (χ3v) is 2.87. The van der Waals surface area contributed by atoms with Crippen molar-refractivity contribution in [1.82, 2.24) is 8.75 Å². The second-order valence-corrected chi connectivity index (χ2v) is 4.21. The minimum Gasteiger partial charge on any atom is -0.287 e. The van der Waals surface area contributed by atoms with E-state index in [1.54, 1.807) is 0 Å². The Kier molecular flexibility index (Phi) is 3.16. The molecule has 0 radical (unpaired) electrons. The molecule has 0 saturated carbocycles. The molecule has 0 aliphatic carbocycles. The Morgan fingerprint density at radius 2 is 2.06 bits per heavy atom. The summed E-state index contributed by atoms with van der Waals surface area (Å²) in [6, 6.07) is 3.01. The highest BCUT2D eigenvalue weighted by Crippen LogP contribution is 2.30. The Labute approximate surface area is 105 Å². The highest BCUT2D eigenvalue weighted by atomic mass is 32.1. The van der Waals surface area contributed by atoms with Crippen molar-refractivity contribution in [2.45, 2.75) is 13.1 Å². The zero-order valence-corrected chi connectivity index (χ0v) is 9.97. The molecule has 7 heteroatoms. The van der Waals surface area contributed by atoms with Crippen LogP contribution < -0.4 is 0 Å². The summed E-state index contributed by atoms with van der Waals surface area (Å²) in [6.45, 7) is 1.46. The third kappa shape index (κ3) is 2.40. The average Bonchev–Trinajstić information content (AvgIpc) is 2.80. The first-order valence-electron chi connectivity index (χ1n) is 4.89. The Morgan fingerprint density at radius 3 is 2.56 bits per heavy atom. The summed E-state index contributed by atoms with van der Waals surface area (Å²) in [5, 5.41) is 0. The maximum absolute atomic E-state index is 12.5. The molecule has 0 bridgehead atoms. The largest absolute Gasteiger partial charge is 0.416 e. The van der Waals surface area contributed by atoms with Crippen molar-refractivity contribution in [3.8, 4) is 0 Å². The first-order chi connectivity index (χ1) is 8.39. The molecule has 1 heterocycles. The monoisotopic (exact) mass is 272 g/mol. The zero-order valence-electron chi connectivity index (χ0n) is 9.15. The van der Waals surface area contributed by atoms with Crippen molar-refractivity contribution in [3.63, 3.8) is 0 Å². The molecule has 0 amide bonds. The summed E-state index contributed by atoms with van der Waals surface area (Å²) in [5.74, 6) is -0.421. The van der Waals surface area contributed by atoms with Gasteiger partial charge in [0.15, 0.2) is 0 Å². The minimum absolute atomic E-state index is 0.142. The van der Waals surface area contributed by atoms with E-state index in [9.17, 15) is 18.0 Å². The van der Waals surface area contributed by atoms with Crippen LogP contribution in [0, 0.1) is 6.92 Å². The van der Waals surface area contributed by atoms with E-state index < -0.39 is 17.5 Å². The maximum Gasteiger partial charge on any atom is 0.416 e. The molecule has 0 fully saturated rings. The molecule has 1 aromatic carbocycles. The SMILES string of the molecule is Cc1cc(C(F)(F)F)ccc1C(=O)c1cnsn1. The topological polar surface area (TPSA) is 42.9 Å². The van der Waals surface area contributed by atoms with Crippen LogP contribution in [0.3, 0.4) is 0 Å². The summed E-state index contributed by atoms with van der Waals surface area (Å²) in [4.78, 5) is 11.9. The van der Waals surface area contributed by atoms with Crippen LogP contribution in [0.2, 0.25) is 0 Å². The molecule has 0 unspecified atom stereocenters. The number of nitrogens with zero attached hydrogens (tertiary/aromatic N) is 2. The van der Waals surface area contributed by atoms with Crippen molar-refractivity contribution in [2.75, 3.05) is 0 Å². The molecule has 0 atom stereocenters. The first-order valence-corrected chi connectivity index (χ1v) is 5.63. The molecular formula is C11H7F3N2OS. The molecule has 18 heavy (non-hydrogen) atoms. The van der Waals surface area contributed by atoms with Gasteiger partial charge in [0.05, 0.1) is 23.5 Å². The number of carbonyl (C=O) groups excluding carboxylic acids is 1. The highest BCUT2D eigenvalue weighted by Gasteiger charge is 2.31. The molecular weight excluding hydrogens is 265 g/mol. The first kappa shape index (κ1) is 12.7. The van der Waals surface area contributed by atoms with Gasteiger partial charge in [0.1, 0.15) is 5.69 Å². The van der Waals surface area contributed by atoms with Gasteiger partial charge in [-0.05, 0) is 24.6 Å². The van der Waals surface area contributed by atoms with Crippen LogP contribution in [0.5, 0.6) is 0 Å². The standard InChI is InChI=1S/C11H7F3N2OS/c1-6-4-7(11(12,13)14)2-3-8(6)10(17)9-5-15-18-16-9/h2-5H,1H3. The number of hydrogen-bond acceptors (Lipinski definition) is 4.